The van der Waals surface area contributed by atoms with Crippen LogP contribution in [0.15, 0.2) is 48.2 Å². The van der Waals surface area contributed by atoms with Gasteiger partial charge in [-0.25, -0.2) is 0 Å². The molecule has 0 atom stereocenters. The predicted octanol–water partition coefficient (Wildman–Crippen LogP) is 1.01. The minimum Gasteiger partial charge on any atom is -0.397 e. The van der Waals surface area contributed by atoms with Gasteiger partial charge in [0.25, 0.3) is 0 Å². The topological polar surface area (TPSA) is 72.4 Å². The smallest absolute Gasteiger partial charge is 0.246 e. The summed E-state index contributed by atoms with van der Waals surface area (Å²) < 4.78 is 0. The number of carbonyl (C=O) groups is 1. The number of nitrogens with two attached hydrogens (primary N) is 2. The average molecular weight is 215 g/mol. The van der Waals surface area contributed by atoms with Crippen molar-refractivity contribution in [1.82, 2.24) is 0 Å². The van der Waals surface area contributed by atoms with Gasteiger partial charge in [-0.05, 0) is 18.2 Å². The average Bonchev–Trinajstić information content (AvgIpc) is 2.30. The van der Waals surface area contributed by atoms with E-state index in [0.717, 1.165) is 5.69 Å². The van der Waals surface area contributed by atoms with Gasteiger partial charge < -0.3 is 16.4 Å². The molecule has 1 amide bonds. The summed E-state index contributed by atoms with van der Waals surface area (Å²) in [5, 5.41) is 0. The molecule has 0 aliphatic carbocycles. The van der Waals surface area contributed by atoms with Gasteiger partial charge in [-0.2, -0.15) is 0 Å². The molecule has 1 aromatic carbocycles. The predicted molar refractivity (Wildman–Crippen MR) is 64.6 cm³/mol. The largest absolute Gasteiger partial charge is 0.397 e. The van der Waals surface area contributed by atoms with Crippen molar-refractivity contribution < 1.29 is 4.79 Å². The molecule has 0 bridgehead atoms. The number of amides is 1. The van der Waals surface area contributed by atoms with Crippen molar-refractivity contribution in [2.75, 3.05) is 17.2 Å². The van der Waals surface area contributed by atoms with Gasteiger partial charge in [0, 0.05) is 11.8 Å². The van der Waals surface area contributed by atoms with Crippen LogP contribution in [0.2, 0.25) is 0 Å². The van der Waals surface area contributed by atoms with Crippen LogP contribution < -0.4 is 16.4 Å². The molecule has 4 heteroatoms. The molecule has 0 saturated carbocycles. The van der Waals surface area contributed by atoms with Gasteiger partial charge in [-0.1, -0.05) is 18.2 Å². The zero-order valence-corrected chi connectivity index (χ0v) is 8.76. The fraction of sp³-hybridized carbons (Fsp3) is 0.0833. The third-order valence-corrected chi connectivity index (χ3v) is 2.47. The number of carbonyl (C=O) groups excluding carboxylic acids is 1. The van der Waals surface area contributed by atoms with Crippen molar-refractivity contribution in [3.8, 4) is 0 Å². The summed E-state index contributed by atoms with van der Waals surface area (Å²) in [6, 6.07) is 7.51. The Morgan fingerprint density at radius 3 is 2.75 bits per heavy atom. The molecule has 1 aromatic rings. The lowest BCUT2D eigenvalue weighted by Gasteiger charge is -2.24. The molecule has 4 nitrogen and oxygen atoms in total. The van der Waals surface area contributed by atoms with Gasteiger partial charge in [0.2, 0.25) is 5.91 Å². The maximum atomic E-state index is 11.1. The van der Waals surface area contributed by atoms with Gasteiger partial charge in [0.1, 0.15) is 0 Å². The molecule has 16 heavy (non-hydrogen) atoms. The first kappa shape index (κ1) is 10.3. The second-order valence-electron chi connectivity index (χ2n) is 3.58. The monoisotopic (exact) mass is 215 g/mol. The van der Waals surface area contributed by atoms with Crippen LogP contribution in [0.4, 0.5) is 11.4 Å². The Hall–Kier alpha value is -2.23. The van der Waals surface area contributed by atoms with Crippen LogP contribution in [0.3, 0.4) is 0 Å². The van der Waals surface area contributed by atoms with E-state index in [-0.39, 0.29) is 0 Å². The van der Waals surface area contributed by atoms with Crippen LogP contribution in [-0.4, -0.2) is 12.5 Å². The molecule has 1 aliphatic heterocycles. The molecule has 2 rings (SSSR count). The Bertz CT molecular complexity index is 477. The summed E-state index contributed by atoms with van der Waals surface area (Å²) in [5.41, 5.74) is 13.2. The number of rotatable bonds is 2. The van der Waals surface area contributed by atoms with Crippen LogP contribution in [-0.2, 0) is 4.79 Å². The first-order chi connectivity index (χ1) is 7.68. The number of hydrogen-bond donors (Lipinski definition) is 2. The minimum atomic E-state index is -0.399. The molecule has 1 heterocycles. The van der Waals surface area contributed by atoms with Crippen molar-refractivity contribution in [2.24, 2.45) is 5.73 Å². The molecular weight excluding hydrogens is 202 g/mol. The number of nitrogen functional groups attached to an aromatic ring is 1. The van der Waals surface area contributed by atoms with E-state index in [1.165, 1.54) is 0 Å². The Labute approximate surface area is 93.8 Å². The number of nitrogens with zero attached hydrogens (tertiary/aromatic N) is 1. The number of hydrogen-bond acceptors (Lipinski definition) is 3. The van der Waals surface area contributed by atoms with E-state index in [2.05, 4.69) is 0 Å². The number of benzene rings is 1. The molecule has 0 fully saturated rings. The third-order valence-electron chi connectivity index (χ3n) is 2.47. The summed E-state index contributed by atoms with van der Waals surface area (Å²) in [5.74, 6) is -0.399. The molecule has 0 unspecified atom stereocenters. The Morgan fingerprint density at radius 1 is 1.31 bits per heavy atom. The fourth-order valence-corrected chi connectivity index (χ4v) is 1.63. The standard InChI is InChI=1S/C12H13N3O/c13-10-5-1-2-6-11(10)15-7-3-4-9(8-15)12(14)16/h1-7H,8,13H2,(H2,14,16). The van der Waals surface area contributed by atoms with Crippen molar-refractivity contribution in [3.05, 3.63) is 48.2 Å². The van der Waals surface area contributed by atoms with E-state index >= 15 is 0 Å². The van der Waals surface area contributed by atoms with Gasteiger partial charge in [-0.15, -0.1) is 0 Å². The zero-order chi connectivity index (χ0) is 11.5. The van der Waals surface area contributed by atoms with Crippen LogP contribution in [0.25, 0.3) is 0 Å². The van der Waals surface area contributed by atoms with Crippen molar-refractivity contribution in [3.63, 3.8) is 0 Å². The van der Waals surface area contributed by atoms with E-state index in [0.29, 0.717) is 17.8 Å². The van der Waals surface area contributed by atoms with Crippen LogP contribution in [0, 0.1) is 0 Å². The molecule has 1 aliphatic rings. The van der Waals surface area contributed by atoms with Crippen LogP contribution in [0.5, 0.6) is 0 Å². The van der Waals surface area contributed by atoms with E-state index in [4.69, 9.17) is 11.5 Å². The highest BCUT2D eigenvalue weighted by atomic mass is 16.1. The van der Waals surface area contributed by atoms with Crippen molar-refractivity contribution >= 4 is 17.3 Å². The first-order valence-corrected chi connectivity index (χ1v) is 4.97. The molecule has 0 aromatic heterocycles. The fourth-order valence-electron chi connectivity index (χ4n) is 1.63. The van der Waals surface area contributed by atoms with Crippen molar-refractivity contribution in [2.45, 2.75) is 0 Å². The SMILES string of the molecule is NC(=O)C1=CC=CN(c2ccccc2N)C1. The summed E-state index contributed by atoms with van der Waals surface area (Å²) in [4.78, 5) is 13.0. The highest BCUT2D eigenvalue weighted by Gasteiger charge is 2.14. The second-order valence-corrected chi connectivity index (χ2v) is 3.58. The number of primary amides is 1. The van der Waals surface area contributed by atoms with Gasteiger partial charge in [0.05, 0.1) is 17.9 Å². The van der Waals surface area contributed by atoms with Crippen LogP contribution >= 0.6 is 0 Å². The summed E-state index contributed by atoms with van der Waals surface area (Å²) in [7, 11) is 0. The number of anilines is 2. The normalized spacial score (nSPS) is 14.8. The maximum Gasteiger partial charge on any atom is 0.246 e. The molecule has 82 valence electrons. The number of allylic oxidation sites excluding steroid dienone is 2. The van der Waals surface area contributed by atoms with Gasteiger partial charge >= 0.3 is 0 Å². The minimum absolute atomic E-state index is 0.399. The third kappa shape index (κ3) is 1.91. The van der Waals surface area contributed by atoms with E-state index < -0.39 is 5.91 Å². The lowest BCUT2D eigenvalue weighted by Crippen LogP contribution is -2.28. The van der Waals surface area contributed by atoms with E-state index in [9.17, 15) is 4.79 Å². The van der Waals surface area contributed by atoms with E-state index in [1.807, 2.05) is 35.4 Å². The van der Waals surface area contributed by atoms with Gasteiger partial charge in [0.15, 0.2) is 0 Å². The maximum absolute atomic E-state index is 11.1. The lowest BCUT2D eigenvalue weighted by molar-refractivity contribution is -0.114. The van der Waals surface area contributed by atoms with Gasteiger partial charge in [-0.3, -0.25) is 4.79 Å². The molecule has 0 saturated heterocycles. The molecule has 4 N–H and O–H groups in total. The number of para-hydroxylation sites is 2. The summed E-state index contributed by atoms with van der Waals surface area (Å²) >= 11 is 0. The summed E-state index contributed by atoms with van der Waals surface area (Å²) in [6.07, 6.45) is 5.38. The quantitative estimate of drug-likeness (QED) is 0.723. The zero-order valence-electron chi connectivity index (χ0n) is 8.76. The molecule has 0 spiro atoms. The first-order valence-electron chi connectivity index (χ1n) is 4.97. The summed E-state index contributed by atoms with van der Waals surface area (Å²) in [6.45, 7) is 0.458. The van der Waals surface area contributed by atoms with E-state index in [1.54, 1.807) is 12.2 Å². The van der Waals surface area contributed by atoms with Crippen molar-refractivity contribution in [1.29, 1.82) is 0 Å². The Morgan fingerprint density at radius 2 is 2.06 bits per heavy atom. The Kier molecular flexibility index (Phi) is 2.64. The highest BCUT2D eigenvalue weighted by Crippen LogP contribution is 2.25. The lowest BCUT2D eigenvalue weighted by atomic mass is 10.1. The Balaban J connectivity index is 2.27. The molecule has 0 radical (unpaired) electrons. The van der Waals surface area contributed by atoms with Crippen LogP contribution in [0.1, 0.15) is 0 Å². The highest BCUT2D eigenvalue weighted by molar-refractivity contribution is 5.94. The molecular formula is C12H13N3O. The second kappa shape index (κ2) is 4.10.